The molecule has 1 aromatic rings. The van der Waals surface area contributed by atoms with Crippen molar-refractivity contribution >= 4 is 10.0 Å². The van der Waals surface area contributed by atoms with Gasteiger partial charge in [0.2, 0.25) is 10.0 Å². The number of sulfonamides is 1. The molecule has 0 saturated heterocycles. The van der Waals surface area contributed by atoms with Gasteiger partial charge in [0.15, 0.2) is 0 Å². The summed E-state index contributed by atoms with van der Waals surface area (Å²) in [6.07, 6.45) is 0. The summed E-state index contributed by atoms with van der Waals surface area (Å²) in [5.41, 5.74) is 3.55. The molecule has 0 radical (unpaired) electrons. The van der Waals surface area contributed by atoms with Gasteiger partial charge in [-0.15, -0.1) is 0 Å². The second-order valence-corrected chi connectivity index (χ2v) is 5.13. The van der Waals surface area contributed by atoms with Crippen LogP contribution in [0.1, 0.15) is 22.3 Å². The molecule has 0 aliphatic rings. The molecule has 1 aromatic carbocycles. The minimum absolute atomic E-state index is 0.264. The Morgan fingerprint density at radius 1 is 1.00 bits per heavy atom. The number of primary sulfonamides is 1. The topological polar surface area (TPSA) is 60.2 Å². The Morgan fingerprint density at radius 3 is 1.93 bits per heavy atom. The molecule has 4 heteroatoms. The van der Waals surface area contributed by atoms with E-state index in [4.69, 9.17) is 5.14 Å². The van der Waals surface area contributed by atoms with Crippen molar-refractivity contribution in [2.75, 3.05) is 0 Å². The average molecular weight is 213 g/mol. The minimum atomic E-state index is -3.60. The molecule has 0 atom stereocenters. The van der Waals surface area contributed by atoms with Crippen molar-refractivity contribution in [1.29, 1.82) is 0 Å². The fourth-order valence-corrected chi connectivity index (χ4v) is 2.79. The van der Waals surface area contributed by atoms with Crippen molar-refractivity contribution in [3.05, 3.63) is 28.3 Å². The van der Waals surface area contributed by atoms with Crippen LogP contribution in [0.5, 0.6) is 0 Å². The number of hydrogen-bond donors (Lipinski definition) is 1. The van der Waals surface area contributed by atoms with Crippen molar-refractivity contribution in [3.8, 4) is 0 Å². The molecule has 0 saturated carbocycles. The Balaban J connectivity index is 3.70. The predicted molar refractivity (Wildman–Crippen MR) is 56.8 cm³/mol. The molecule has 0 amide bonds. The maximum absolute atomic E-state index is 11.3. The van der Waals surface area contributed by atoms with Crippen LogP contribution in [0.4, 0.5) is 0 Å². The van der Waals surface area contributed by atoms with Gasteiger partial charge < -0.3 is 0 Å². The zero-order chi connectivity index (χ0) is 11.1. The molecule has 0 aromatic heterocycles. The first kappa shape index (κ1) is 11.2. The van der Waals surface area contributed by atoms with E-state index in [0.29, 0.717) is 5.56 Å². The van der Waals surface area contributed by atoms with Gasteiger partial charge >= 0.3 is 0 Å². The van der Waals surface area contributed by atoms with Crippen LogP contribution < -0.4 is 5.14 Å². The van der Waals surface area contributed by atoms with Crippen molar-refractivity contribution in [2.24, 2.45) is 5.14 Å². The highest BCUT2D eigenvalue weighted by Gasteiger charge is 2.17. The molecule has 0 heterocycles. The van der Waals surface area contributed by atoms with Crippen LogP contribution in [0.3, 0.4) is 0 Å². The highest BCUT2D eigenvalue weighted by atomic mass is 32.2. The third-order valence-electron chi connectivity index (χ3n) is 2.57. The summed E-state index contributed by atoms with van der Waals surface area (Å²) in [4.78, 5) is 0.264. The van der Waals surface area contributed by atoms with Gasteiger partial charge in [-0.2, -0.15) is 0 Å². The van der Waals surface area contributed by atoms with Crippen molar-refractivity contribution < 1.29 is 8.42 Å². The number of hydrogen-bond acceptors (Lipinski definition) is 2. The van der Waals surface area contributed by atoms with Crippen molar-refractivity contribution in [3.63, 3.8) is 0 Å². The first-order valence-corrected chi connectivity index (χ1v) is 5.90. The maximum atomic E-state index is 11.3. The highest BCUT2D eigenvalue weighted by Crippen LogP contribution is 2.24. The lowest BCUT2D eigenvalue weighted by Gasteiger charge is -2.12. The fourth-order valence-electron chi connectivity index (χ4n) is 1.70. The SMILES string of the molecule is Cc1cc(C)c(S(N)(=O)=O)c(C)c1C. The standard InChI is InChI=1S/C10H15NO2S/c1-6-5-7(2)10(14(11,12)13)9(4)8(6)3/h5H,1-4H3,(H2,11,12,13). The molecular weight excluding hydrogens is 198 g/mol. The fraction of sp³-hybridized carbons (Fsp3) is 0.400. The summed E-state index contributed by atoms with van der Waals surface area (Å²) < 4.78 is 22.6. The monoisotopic (exact) mass is 213 g/mol. The number of aryl methyl sites for hydroxylation is 2. The normalized spacial score (nSPS) is 11.8. The Kier molecular flexibility index (Phi) is 2.69. The Hall–Kier alpha value is -0.870. The number of rotatable bonds is 1. The molecule has 0 fully saturated rings. The van der Waals surface area contributed by atoms with E-state index in [1.807, 2.05) is 19.9 Å². The zero-order valence-electron chi connectivity index (χ0n) is 8.88. The van der Waals surface area contributed by atoms with Crippen LogP contribution in [-0.2, 0) is 10.0 Å². The first-order chi connectivity index (χ1) is 6.25. The van der Waals surface area contributed by atoms with Crippen LogP contribution >= 0.6 is 0 Å². The Bertz CT molecular complexity index is 475. The molecule has 78 valence electrons. The second-order valence-electron chi connectivity index (χ2n) is 3.63. The molecule has 14 heavy (non-hydrogen) atoms. The van der Waals surface area contributed by atoms with E-state index >= 15 is 0 Å². The number of benzene rings is 1. The lowest BCUT2D eigenvalue weighted by Crippen LogP contribution is -2.16. The smallest absolute Gasteiger partial charge is 0.225 e. The zero-order valence-corrected chi connectivity index (χ0v) is 9.70. The predicted octanol–water partition coefficient (Wildman–Crippen LogP) is 1.57. The summed E-state index contributed by atoms with van der Waals surface area (Å²) >= 11 is 0. The van der Waals surface area contributed by atoms with Crippen LogP contribution in [0.25, 0.3) is 0 Å². The molecule has 0 aliphatic carbocycles. The van der Waals surface area contributed by atoms with E-state index in [0.717, 1.165) is 16.7 Å². The lowest BCUT2D eigenvalue weighted by molar-refractivity contribution is 0.596. The van der Waals surface area contributed by atoms with E-state index in [1.54, 1.807) is 13.8 Å². The van der Waals surface area contributed by atoms with Gasteiger partial charge in [0, 0.05) is 0 Å². The molecule has 1 rings (SSSR count). The molecular formula is C10H15NO2S. The summed E-state index contributed by atoms with van der Waals surface area (Å²) in [6, 6.07) is 1.85. The van der Waals surface area contributed by atoms with Gasteiger partial charge in [0.25, 0.3) is 0 Å². The summed E-state index contributed by atoms with van der Waals surface area (Å²) in [7, 11) is -3.60. The third kappa shape index (κ3) is 1.81. The van der Waals surface area contributed by atoms with Gasteiger partial charge in [-0.25, -0.2) is 13.6 Å². The van der Waals surface area contributed by atoms with E-state index in [2.05, 4.69) is 0 Å². The van der Waals surface area contributed by atoms with Crippen LogP contribution in [-0.4, -0.2) is 8.42 Å². The summed E-state index contributed by atoms with van der Waals surface area (Å²) in [5.74, 6) is 0. The van der Waals surface area contributed by atoms with Gasteiger partial charge in [0.05, 0.1) is 4.90 Å². The van der Waals surface area contributed by atoms with Crippen molar-refractivity contribution in [2.45, 2.75) is 32.6 Å². The largest absolute Gasteiger partial charge is 0.238 e. The van der Waals surface area contributed by atoms with Gasteiger partial charge in [-0.1, -0.05) is 6.07 Å². The summed E-state index contributed by atoms with van der Waals surface area (Å²) in [5, 5.41) is 5.15. The van der Waals surface area contributed by atoms with E-state index in [-0.39, 0.29) is 4.90 Å². The highest BCUT2D eigenvalue weighted by molar-refractivity contribution is 7.89. The third-order valence-corrected chi connectivity index (χ3v) is 3.77. The molecule has 0 unspecified atom stereocenters. The van der Waals surface area contributed by atoms with Gasteiger partial charge in [0.1, 0.15) is 0 Å². The quantitative estimate of drug-likeness (QED) is 0.769. The van der Waals surface area contributed by atoms with Gasteiger partial charge in [-0.05, 0) is 49.9 Å². The lowest BCUT2D eigenvalue weighted by atomic mass is 10.0. The van der Waals surface area contributed by atoms with Crippen LogP contribution in [0.15, 0.2) is 11.0 Å². The number of nitrogens with two attached hydrogens (primary N) is 1. The molecule has 2 N–H and O–H groups in total. The van der Waals surface area contributed by atoms with E-state index < -0.39 is 10.0 Å². The molecule has 0 aliphatic heterocycles. The average Bonchev–Trinajstić information content (AvgIpc) is 1.97. The summed E-state index contributed by atoms with van der Waals surface area (Å²) in [6.45, 7) is 7.41. The molecule has 3 nitrogen and oxygen atoms in total. The molecule has 0 spiro atoms. The first-order valence-electron chi connectivity index (χ1n) is 4.35. The Labute approximate surface area is 85.0 Å². The molecule has 0 bridgehead atoms. The van der Waals surface area contributed by atoms with Gasteiger partial charge in [-0.3, -0.25) is 0 Å². The van der Waals surface area contributed by atoms with E-state index in [1.165, 1.54) is 0 Å². The van der Waals surface area contributed by atoms with Crippen LogP contribution in [0.2, 0.25) is 0 Å². The maximum Gasteiger partial charge on any atom is 0.238 e. The van der Waals surface area contributed by atoms with Crippen LogP contribution in [0, 0.1) is 27.7 Å². The van der Waals surface area contributed by atoms with E-state index in [9.17, 15) is 8.42 Å². The Morgan fingerprint density at radius 2 is 1.50 bits per heavy atom. The second kappa shape index (κ2) is 3.37. The van der Waals surface area contributed by atoms with Crippen molar-refractivity contribution in [1.82, 2.24) is 0 Å². The minimum Gasteiger partial charge on any atom is -0.225 e.